The molecule has 0 fully saturated rings. The Kier molecular flexibility index (Phi) is 5.10. The maximum Gasteiger partial charge on any atom is 0.280 e. The number of anilines is 1. The Hall–Kier alpha value is -3.13. The maximum absolute atomic E-state index is 13.6. The van der Waals surface area contributed by atoms with Crippen molar-refractivity contribution in [3.63, 3.8) is 0 Å². The second kappa shape index (κ2) is 7.71. The molecule has 0 bridgehead atoms. The molecule has 0 saturated carbocycles. The van der Waals surface area contributed by atoms with Crippen molar-refractivity contribution >= 4 is 32.6 Å². The van der Waals surface area contributed by atoms with Crippen molar-refractivity contribution < 1.29 is 9.18 Å². The molecule has 0 N–H and O–H groups in total. The van der Waals surface area contributed by atoms with Crippen LogP contribution in [0.5, 0.6) is 0 Å². The molecule has 148 valence electrons. The molecule has 4 rings (SSSR count). The van der Waals surface area contributed by atoms with E-state index in [1.165, 1.54) is 23.5 Å². The van der Waals surface area contributed by atoms with Crippen molar-refractivity contribution in [2.24, 2.45) is 0 Å². The van der Waals surface area contributed by atoms with Gasteiger partial charge in [-0.25, -0.2) is 9.37 Å². The summed E-state index contributed by atoms with van der Waals surface area (Å²) in [5.41, 5.74) is 2.63. The van der Waals surface area contributed by atoms with E-state index in [-0.39, 0.29) is 24.3 Å². The van der Waals surface area contributed by atoms with Crippen molar-refractivity contribution in [2.45, 2.75) is 33.4 Å². The summed E-state index contributed by atoms with van der Waals surface area (Å²) in [5.74, 6) is -0.598. The smallest absolute Gasteiger partial charge is 0.276 e. The number of nitrogens with zero attached hydrogens (tertiary/aromatic N) is 5. The van der Waals surface area contributed by atoms with E-state index in [4.69, 9.17) is 0 Å². The maximum atomic E-state index is 13.6. The molecule has 4 aromatic rings. The van der Waals surface area contributed by atoms with Crippen LogP contribution in [0.25, 0.3) is 10.2 Å². The lowest BCUT2D eigenvalue weighted by atomic mass is 10.3. The summed E-state index contributed by atoms with van der Waals surface area (Å²) in [6.07, 6.45) is 1.68. The number of aromatic nitrogens is 4. The van der Waals surface area contributed by atoms with Crippen LogP contribution < -0.4 is 4.90 Å². The van der Waals surface area contributed by atoms with Gasteiger partial charge < -0.3 is 0 Å². The molecule has 29 heavy (non-hydrogen) atoms. The molecule has 0 spiro atoms. The third-order valence-electron chi connectivity index (χ3n) is 4.49. The Labute approximate surface area is 171 Å². The number of hydrogen-bond acceptors (Lipinski definition) is 5. The van der Waals surface area contributed by atoms with E-state index < -0.39 is 0 Å². The van der Waals surface area contributed by atoms with E-state index in [0.717, 1.165) is 11.4 Å². The fourth-order valence-electron chi connectivity index (χ4n) is 3.14. The minimum absolute atomic E-state index is 0.145. The highest BCUT2D eigenvalue weighted by molar-refractivity contribution is 7.22. The van der Waals surface area contributed by atoms with Crippen LogP contribution in [0.15, 0.2) is 48.7 Å². The van der Waals surface area contributed by atoms with E-state index in [1.807, 2.05) is 43.7 Å². The standard InChI is InChI=1S/C21H20FN5OS/c1-13(2)27-14(3)10-18(25-27)20(28)26(12-16-6-4-5-9-23-16)21-24-17-8-7-15(22)11-19(17)29-21/h4-11,13H,12H2,1-3H3. The van der Waals surface area contributed by atoms with Gasteiger partial charge in [0.25, 0.3) is 5.91 Å². The third kappa shape index (κ3) is 3.88. The number of hydrogen-bond donors (Lipinski definition) is 0. The molecular weight excluding hydrogens is 389 g/mol. The highest BCUT2D eigenvalue weighted by Crippen LogP contribution is 2.31. The zero-order chi connectivity index (χ0) is 20.5. The molecule has 0 saturated heterocycles. The number of amides is 1. The monoisotopic (exact) mass is 409 g/mol. The van der Waals surface area contributed by atoms with Crippen molar-refractivity contribution in [3.8, 4) is 0 Å². The van der Waals surface area contributed by atoms with Gasteiger partial charge in [-0.05, 0) is 57.2 Å². The van der Waals surface area contributed by atoms with E-state index in [0.29, 0.717) is 21.0 Å². The van der Waals surface area contributed by atoms with Crippen LogP contribution in [0.4, 0.5) is 9.52 Å². The van der Waals surface area contributed by atoms with Gasteiger partial charge in [0.05, 0.1) is 22.5 Å². The summed E-state index contributed by atoms with van der Waals surface area (Å²) in [5, 5.41) is 4.97. The van der Waals surface area contributed by atoms with Gasteiger partial charge in [0.1, 0.15) is 5.82 Å². The van der Waals surface area contributed by atoms with Crippen molar-refractivity contribution in [3.05, 3.63) is 71.6 Å². The topological polar surface area (TPSA) is 63.9 Å². The lowest BCUT2D eigenvalue weighted by Crippen LogP contribution is -2.31. The molecule has 3 aromatic heterocycles. The first-order chi connectivity index (χ1) is 13.9. The number of benzene rings is 1. The number of rotatable bonds is 5. The van der Waals surface area contributed by atoms with Gasteiger partial charge in [0.2, 0.25) is 0 Å². The number of aryl methyl sites for hydroxylation is 1. The molecule has 0 radical (unpaired) electrons. The molecule has 8 heteroatoms. The Morgan fingerprint density at radius 2 is 2.07 bits per heavy atom. The second-order valence-corrected chi connectivity index (χ2v) is 8.04. The SMILES string of the molecule is Cc1cc(C(=O)N(Cc2ccccn2)c2nc3ccc(F)cc3s2)nn1C(C)C. The predicted molar refractivity (Wildman–Crippen MR) is 112 cm³/mol. The molecule has 0 unspecified atom stereocenters. The molecule has 3 heterocycles. The number of carbonyl (C=O) groups excluding carboxylic acids is 1. The minimum atomic E-state index is -0.332. The summed E-state index contributed by atoms with van der Waals surface area (Å²) in [6, 6.07) is 11.9. The van der Waals surface area contributed by atoms with Gasteiger partial charge in [-0.15, -0.1) is 0 Å². The van der Waals surface area contributed by atoms with Crippen molar-refractivity contribution in [1.29, 1.82) is 0 Å². The lowest BCUT2D eigenvalue weighted by Gasteiger charge is -2.18. The molecular formula is C21H20FN5OS. The highest BCUT2D eigenvalue weighted by Gasteiger charge is 2.25. The summed E-state index contributed by atoms with van der Waals surface area (Å²) in [6.45, 7) is 6.20. The largest absolute Gasteiger partial charge is 0.280 e. The number of pyridine rings is 1. The van der Waals surface area contributed by atoms with Gasteiger partial charge in [-0.3, -0.25) is 19.4 Å². The molecule has 1 amide bonds. The van der Waals surface area contributed by atoms with E-state index in [1.54, 1.807) is 23.2 Å². The average molecular weight is 409 g/mol. The normalized spacial score (nSPS) is 11.3. The van der Waals surface area contributed by atoms with E-state index in [9.17, 15) is 9.18 Å². The molecule has 6 nitrogen and oxygen atoms in total. The van der Waals surface area contributed by atoms with Crippen LogP contribution in [0, 0.1) is 12.7 Å². The number of fused-ring (bicyclic) bond motifs is 1. The number of halogens is 1. The van der Waals surface area contributed by atoms with Crippen LogP contribution >= 0.6 is 11.3 Å². The Bertz CT molecular complexity index is 1170. The van der Waals surface area contributed by atoms with Crippen LogP contribution in [0.3, 0.4) is 0 Å². The molecule has 0 aliphatic carbocycles. The van der Waals surface area contributed by atoms with Gasteiger partial charge in [-0.2, -0.15) is 5.10 Å². The third-order valence-corrected chi connectivity index (χ3v) is 5.53. The minimum Gasteiger partial charge on any atom is -0.276 e. The number of carbonyl (C=O) groups is 1. The summed E-state index contributed by atoms with van der Waals surface area (Å²) < 4.78 is 16.1. The first kappa shape index (κ1) is 19.2. The zero-order valence-corrected chi connectivity index (χ0v) is 17.2. The fraction of sp³-hybridized carbons (Fsp3) is 0.238. The highest BCUT2D eigenvalue weighted by atomic mass is 32.1. The average Bonchev–Trinajstić information content (AvgIpc) is 3.29. The summed E-state index contributed by atoms with van der Waals surface area (Å²) in [4.78, 5) is 23.8. The van der Waals surface area contributed by atoms with Crippen molar-refractivity contribution in [1.82, 2.24) is 19.7 Å². The fourth-order valence-corrected chi connectivity index (χ4v) is 4.12. The quantitative estimate of drug-likeness (QED) is 0.477. The van der Waals surface area contributed by atoms with Crippen molar-refractivity contribution in [2.75, 3.05) is 4.90 Å². The Morgan fingerprint density at radius 3 is 2.76 bits per heavy atom. The summed E-state index contributed by atoms with van der Waals surface area (Å²) >= 11 is 1.27. The van der Waals surface area contributed by atoms with Gasteiger partial charge >= 0.3 is 0 Å². The van der Waals surface area contributed by atoms with Crippen LogP contribution in [0.2, 0.25) is 0 Å². The number of thiazole rings is 1. The van der Waals surface area contributed by atoms with Gasteiger partial charge in [0.15, 0.2) is 10.8 Å². The molecule has 1 aromatic carbocycles. The lowest BCUT2D eigenvalue weighted by molar-refractivity contribution is 0.0979. The molecule has 0 aliphatic heterocycles. The van der Waals surface area contributed by atoms with E-state index >= 15 is 0 Å². The molecule has 0 aliphatic rings. The Morgan fingerprint density at radius 1 is 1.24 bits per heavy atom. The van der Waals surface area contributed by atoms with E-state index in [2.05, 4.69) is 15.1 Å². The van der Waals surface area contributed by atoms with Crippen LogP contribution in [-0.4, -0.2) is 25.7 Å². The second-order valence-electron chi connectivity index (χ2n) is 7.03. The van der Waals surface area contributed by atoms with Crippen LogP contribution in [-0.2, 0) is 6.54 Å². The van der Waals surface area contributed by atoms with Crippen LogP contribution in [0.1, 0.15) is 41.8 Å². The zero-order valence-electron chi connectivity index (χ0n) is 16.3. The van der Waals surface area contributed by atoms with Gasteiger partial charge in [0, 0.05) is 17.9 Å². The predicted octanol–water partition coefficient (Wildman–Crippen LogP) is 4.76. The Balaban J connectivity index is 1.76. The first-order valence-electron chi connectivity index (χ1n) is 9.26. The van der Waals surface area contributed by atoms with Gasteiger partial charge in [-0.1, -0.05) is 17.4 Å². The molecule has 0 atom stereocenters. The first-order valence-corrected chi connectivity index (χ1v) is 10.1. The summed E-state index contributed by atoms with van der Waals surface area (Å²) in [7, 11) is 0.